The molecule has 0 spiro atoms. The van der Waals surface area contributed by atoms with Crippen molar-refractivity contribution >= 4 is 17.9 Å². The maximum atomic E-state index is 13.1. The first-order chi connectivity index (χ1) is 17.5. The van der Waals surface area contributed by atoms with Crippen LogP contribution in [0.3, 0.4) is 0 Å². The Labute approximate surface area is 208 Å². The summed E-state index contributed by atoms with van der Waals surface area (Å²) in [5.74, 6) is 1.08. The minimum Gasteiger partial charge on any atom is -0.496 e. The van der Waals surface area contributed by atoms with Crippen molar-refractivity contribution in [2.24, 2.45) is 5.10 Å². The summed E-state index contributed by atoms with van der Waals surface area (Å²) in [6.07, 6.45) is 3.29. The molecule has 194 valence electrons. The molecule has 0 fully saturated rings. The second-order valence-corrected chi connectivity index (χ2v) is 7.69. The van der Waals surface area contributed by atoms with Crippen LogP contribution < -0.4 is 25.4 Å². The topological polar surface area (TPSA) is 168 Å². The molecular formula is C22H31N9O5. The zero-order valence-electron chi connectivity index (χ0n) is 21.0. The molecule has 0 bridgehead atoms. The number of hydrazone groups is 1. The van der Waals surface area contributed by atoms with E-state index in [-0.39, 0.29) is 17.3 Å². The summed E-state index contributed by atoms with van der Waals surface area (Å²) in [6.45, 7) is 6.20. The van der Waals surface area contributed by atoms with E-state index in [1.807, 2.05) is 0 Å². The Morgan fingerprint density at radius 3 is 2.33 bits per heavy atom. The first-order valence-corrected chi connectivity index (χ1v) is 11.4. The number of carbonyl (C=O) groups is 1. The lowest BCUT2D eigenvalue weighted by atomic mass is 10.2. The Balaban J connectivity index is 1.91. The monoisotopic (exact) mass is 501 g/mol. The highest BCUT2D eigenvalue weighted by Gasteiger charge is 2.25. The minimum absolute atomic E-state index is 0.0300. The predicted molar refractivity (Wildman–Crippen MR) is 131 cm³/mol. The van der Waals surface area contributed by atoms with Crippen molar-refractivity contribution in [1.82, 2.24) is 35.6 Å². The third kappa shape index (κ3) is 5.89. The zero-order valence-corrected chi connectivity index (χ0v) is 21.0. The number of hydrogen-bond acceptors (Lipinski definition) is 12. The summed E-state index contributed by atoms with van der Waals surface area (Å²) in [5.41, 5.74) is 9.43. The number of benzene rings is 1. The van der Waals surface area contributed by atoms with Crippen molar-refractivity contribution in [2.75, 3.05) is 40.2 Å². The van der Waals surface area contributed by atoms with Gasteiger partial charge in [-0.1, -0.05) is 19.1 Å². The molecular weight excluding hydrogens is 470 g/mol. The average molecular weight is 502 g/mol. The van der Waals surface area contributed by atoms with Crippen molar-refractivity contribution in [3.8, 4) is 23.1 Å². The van der Waals surface area contributed by atoms with Crippen molar-refractivity contribution in [1.29, 1.82) is 0 Å². The normalized spacial score (nSPS) is 11.3. The second-order valence-electron chi connectivity index (χ2n) is 7.69. The fraction of sp³-hybridized carbons (Fsp3) is 0.455. The first kappa shape index (κ1) is 26.4. The van der Waals surface area contributed by atoms with Crippen molar-refractivity contribution in [2.45, 2.75) is 33.2 Å². The summed E-state index contributed by atoms with van der Waals surface area (Å²) < 4.78 is 22.1. The minimum atomic E-state index is -0.568. The van der Waals surface area contributed by atoms with E-state index < -0.39 is 5.91 Å². The van der Waals surface area contributed by atoms with Crippen LogP contribution in [0, 0.1) is 0 Å². The molecule has 3 rings (SSSR count). The lowest BCUT2D eigenvalue weighted by Crippen LogP contribution is -2.28. The van der Waals surface area contributed by atoms with E-state index in [2.05, 4.69) is 49.9 Å². The van der Waals surface area contributed by atoms with Crippen LogP contribution in [0.15, 0.2) is 21.9 Å². The Morgan fingerprint density at radius 2 is 1.81 bits per heavy atom. The van der Waals surface area contributed by atoms with Gasteiger partial charge >= 0.3 is 0 Å². The molecule has 0 atom stereocenters. The highest BCUT2D eigenvalue weighted by molar-refractivity contribution is 5.95. The SMILES string of the molecule is CCCN(CCC)Cc1c(C(=O)N/N=C\c2c(OC)cc(OC)cc2OC)nnn1-c1nonc1N. The van der Waals surface area contributed by atoms with Crippen molar-refractivity contribution in [3.63, 3.8) is 0 Å². The lowest BCUT2D eigenvalue weighted by Gasteiger charge is -2.21. The molecule has 0 aliphatic rings. The van der Waals surface area contributed by atoms with E-state index in [1.165, 1.54) is 32.2 Å². The van der Waals surface area contributed by atoms with Gasteiger partial charge in [0.2, 0.25) is 11.6 Å². The first-order valence-electron chi connectivity index (χ1n) is 11.4. The van der Waals surface area contributed by atoms with Gasteiger partial charge in [0.1, 0.15) is 17.2 Å². The Morgan fingerprint density at radius 1 is 1.14 bits per heavy atom. The molecule has 14 nitrogen and oxygen atoms in total. The van der Waals surface area contributed by atoms with Gasteiger partial charge in [0.25, 0.3) is 5.91 Å². The lowest BCUT2D eigenvalue weighted by molar-refractivity contribution is 0.0947. The second kappa shape index (κ2) is 12.5. The Hall–Kier alpha value is -4.20. The average Bonchev–Trinajstić information content (AvgIpc) is 3.49. The van der Waals surface area contributed by atoms with E-state index in [4.69, 9.17) is 24.6 Å². The molecule has 0 aliphatic carbocycles. The number of amides is 1. The molecule has 0 aliphatic heterocycles. The number of nitrogens with two attached hydrogens (primary N) is 1. The smallest absolute Gasteiger partial charge is 0.293 e. The quantitative estimate of drug-likeness (QED) is 0.258. The van der Waals surface area contributed by atoms with E-state index in [0.29, 0.717) is 35.1 Å². The van der Waals surface area contributed by atoms with Crippen molar-refractivity contribution in [3.05, 3.63) is 29.1 Å². The van der Waals surface area contributed by atoms with E-state index in [1.54, 1.807) is 12.1 Å². The van der Waals surface area contributed by atoms with Crippen LogP contribution in [-0.4, -0.2) is 76.7 Å². The van der Waals surface area contributed by atoms with Crippen LogP contribution in [0.5, 0.6) is 17.2 Å². The van der Waals surface area contributed by atoms with Gasteiger partial charge in [-0.15, -0.1) is 5.10 Å². The number of carbonyl (C=O) groups excluding carboxylic acids is 1. The number of nitrogen functional groups attached to an aromatic ring is 1. The van der Waals surface area contributed by atoms with Crippen LogP contribution in [0.4, 0.5) is 5.82 Å². The number of rotatable bonds is 13. The van der Waals surface area contributed by atoms with Gasteiger partial charge in [0.05, 0.1) is 38.8 Å². The number of anilines is 1. The Kier molecular flexibility index (Phi) is 9.16. The third-order valence-corrected chi connectivity index (χ3v) is 5.24. The molecule has 2 heterocycles. The number of nitrogens with one attached hydrogen (secondary N) is 1. The molecule has 0 radical (unpaired) electrons. The van der Waals surface area contributed by atoms with Gasteiger partial charge in [-0.2, -0.15) is 9.78 Å². The summed E-state index contributed by atoms with van der Waals surface area (Å²) in [4.78, 5) is 15.3. The standard InChI is InChI=1S/C22H31N9O5/c1-6-8-30(9-7-2)13-16-19(25-29-31(16)21-20(23)27-36-28-21)22(32)26-24-12-15-17(34-4)10-14(33-3)11-18(15)35-5/h10-12H,6-9,13H2,1-5H3,(H2,23,27)(H,26,32)/b24-12-. The van der Waals surface area contributed by atoms with Crippen LogP contribution in [-0.2, 0) is 6.54 Å². The van der Waals surface area contributed by atoms with E-state index in [9.17, 15) is 4.79 Å². The van der Waals surface area contributed by atoms with Crippen LogP contribution >= 0.6 is 0 Å². The molecule has 0 saturated heterocycles. The molecule has 14 heteroatoms. The van der Waals surface area contributed by atoms with E-state index >= 15 is 0 Å². The van der Waals surface area contributed by atoms with Crippen LogP contribution in [0.1, 0.15) is 48.4 Å². The highest BCUT2D eigenvalue weighted by atomic mass is 16.6. The fourth-order valence-electron chi connectivity index (χ4n) is 3.61. The van der Waals surface area contributed by atoms with Crippen LogP contribution in [0.25, 0.3) is 5.82 Å². The van der Waals surface area contributed by atoms with Gasteiger partial charge in [-0.25, -0.2) is 10.1 Å². The number of aromatic nitrogens is 5. The van der Waals surface area contributed by atoms with Gasteiger partial charge in [-0.05, 0) is 36.2 Å². The molecule has 3 N–H and O–H groups in total. The molecule has 36 heavy (non-hydrogen) atoms. The molecule has 0 unspecified atom stereocenters. The van der Waals surface area contributed by atoms with Gasteiger partial charge < -0.3 is 19.9 Å². The molecule has 2 aromatic heterocycles. The molecule has 0 saturated carbocycles. The maximum absolute atomic E-state index is 13.1. The number of methoxy groups -OCH3 is 3. The van der Waals surface area contributed by atoms with Gasteiger partial charge in [0, 0.05) is 18.7 Å². The Bertz CT molecular complexity index is 1160. The number of hydrogen-bond donors (Lipinski definition) is 2. The number of ether oxygens (including phenoxy) is 3. The fourth-order valence-corrected chi connectivity index (χ4v) is 3.61. The summed E-state index contributed by atoms with van der Waals surface area (Å²) in [7, 11) is 4.56. The maximum Gasteiger partial charge on any atom is 0.293 e. The van der Waals surface area contributed by atoms with E-state index in [0.717, 1.165) is 25.9 Å². The largest absolute Gasteiger partial charge is 0.496 e. The third-order valence-electron chi connectivity index (χ3n) is 5.24. The molecule has 1 aromatic carbocycles. The summed E-state index contributed by atoms with van der Waals surface area (Å²) in [5, 5.41) is 19.6. The zero-order chi connectivity index (χ0) is 26.1. The highest BCUT2D eigenvalue weighted by Crippen LogP contribution is 2.32. The molecule has 1 amide bonds. The van der Waals surface area contributed by atoms with Crippen molar-refractivity contribution < 1.29 is 23.6 Å². The van der Waals surface area contributed by atoms with Gasteiger partial charge in [0.15, 0.2) is 5.69 Å². The van der Waals surface area contributed by atoms with Crippen LogP contribution in [0.2, 0.25) is 0 Å². The molecule has 3 aromatic rings. The summed E-state index contributed by atoms with van der Waals surface area (Å²) in [6, 6.07) is 3.36. The predicted octanol–water partition coefficient (Wildman–Crippen LogP) is 1.64. The van der Waals surface area contributed by atoms with Gasteiger partial charge in [-0.3, -0.25) is 9.69 Å². The summed E-state index contributed by atoms with van der Waals surface area (Å²) >= 11 is 0. The number of nitrogens with zero attached hydrogens (tertiary/aromatic N) is 7.